The van der Waals surface area contributed by atoms with Crippen molar-refractivity contribution in [3.05, 3.63) is 51.5 Å². The van der Waals surface area contributed by atoms with Crippen molar-refractivity contribution in [1.29, 1.82) is 0 Å². The summed E-state index contributed by atoms with van der Waals surface area (Å²) in [5.74, 6) is -1.24. The topological polar surface area (TPSA) is 152 Å². The van der Waals surface area contributed by atoms with Crippen molar-refractivity contribution in [3.63, 3.8) is 0 Å². The largest absolute Gasteiger partial charge is 0.394 e. The van der Waals surface area contributed by atoms with E-state index in [0.29, 0.717) is 5.56 Å². The van der Waals surface area contributed by atoms with Gasteiger partial charge in [0.1, 0.15) is 12.1 Å². The second kappa shape index (κ2) is 10.8. The zero-order valence-corrected chi connectivity index (χ0v) is 19.6. The van der Waals surface area contributed by atoms with Gasteiger partial charge in [-0.25, -0.2) is 4.98 Å². The van der Waals surface area contributed by atoms with Crippen molar-refractivity contribution in [2.24, 2.45) is 11.0 Å². The van der Waals surface area contributed by atoms with Crippen LogP contribution >= 0.6 is 11.3 Å². The minimum Gasteiger partial charge on any atom is -0.394 e. The third-order valence-corrected chi connectivity index (χ3v) is 6.72. The highest BCUT2D eigenvalue weighted by atomic mass is 32.1. The highest BCUT2D eigenvalue weighted by molar-refractivity contribution is 7.13. The number of aliphatic hydroxyl groups excluding tert-OH is 2. The molecule has 3 rings (SSSR count). The number of benzene rings is 1. The average Bonchev–Trinajstić information content (AvgIpc) is 3.40. The van der Waals surface area contributed by atoms with Gasteiger partial charge in [0.05, 0.1) is 34.8 Å². The number of amides is 2. The second-order valence-electron chi connectivity index (χ2n) is 8.42. The van der Waals surface area contributed by atoms with Crippen LogP contribution < -0.4 is 5.32 Å². The molecule has 2 unspecified atom stereocenters. The van der Waals surface area contributed by atoms with Gasteiger partial charge in [-0.3, -0.25) is 9.59 Å². The fraction of sp³-hybridized carbons (Fsp3) is 0.500. The van der Waals surface area contributed by atoms with Crippen LogP contribution in [-0.4, -0.2) is 63.3 Å². The third-order valence-electron chi connectivity index (χ3n) is 5.75. The summed E-state index contributed by atoms with van der Waals surface area (Å²) in [7, 11) is 0. The van der Waals surface area contributed by atoms with Crippen LogP contribution in [0.2, 0.25) is 0 Å². The highest BCUT2D eigenvalue weighted by Gasteiger charge is 2.42. The summed E-state index contributed by atoms with van der Waals surface area (Å²) < 4.78 is 0. The third kappa shape index (κ3) is 5.51. The van der Waals surface area contributed by atoms with E-state index in [-0.39, 0.29) is 25.5 Å². The molecule has 2 heterocycles. The lowest BCUT2D eigenvalue weighted by Gasteiger charge is -2.29. The quantitative estimate of drug-likeness (QED) is 0.306. The van der Waals surface area contributed by atoms with Crippen LogP contribution in [0, 0.1) is 12.8 Å². The number of hydrogen-bond acceptors (Lipinski definition) is 7. The molecule has 0 spiro atoms. The molecule has 176 valence electrons. The first-order chi connectivity index (χ1) is 15.8. The van der Waals surface area contributed by atoms with Gasteiger partial charge in [0.25, 0.3) is 0 Å². The van der Waals surface area contributed by atoms with Gasteiger partial charge in [0, 0.05) is 17.9 Å². The molecular formula is C22H28N6O4S. The molecule has 11 heteroatoms. The van der Waals surface area contributed by atoms with E-state index in [1.54, 1.807) is 19.4 Å². The predicted octanol–water partition coefficient (Wildman–Crippen LogP) is 2.56. The number of nitrogens with zero attached hydrogens (tertiary/aromatic N) is 5. The Morgan fingerprint density at radius 3 is 2.61 bits per heavy atom. The van der Waals surface area contributed by atoms with Gasteiger partial charge < -0.3 is 20.4 Å². The van der Waals surface area contributed by atoms with Crippen LogP contribution in [0.4, 0.5) is 0 Å². The van der Waals surface area contributed by atoms with Gasteiger partial charge in [-0.2, -0.15) is 0 Å². The molecular weight excluding hydrogens is 444 g/mol. The van der Waals surface area contributed by atoms with Gasteiger partial charge in [-0.1, -0.05) is 43.2 Å². The Morgan fingerprint density at radius 1 is 1.36 bits per heavy atom. The van der Waals surface area contributed by atoms with E-state index in [1.807, 2.05) is 31.2 Å². The Hall–Kier alpha value is -2.98. The standard InChI is InChI=1S/C22H28N6O4S/c1-12(2)19(26-27-23)22(32)28-9-16(30)8-18(28)21(31)25-17(10-29)14-4-6-15(7-5-14)20-13(3)24-11-33-20/h4-7,11-12,16-19,29-30H,8-10H2,1-3H3,(H,25,31)/t16-,17?,18+,19?/m1/s1. The smallest absolute Gasteiger partial charge is 0.243 e. The fourth-order valence-corrected chi connectivity index (χ4v) is 4.76. The van der Waals surface area contributed by atoms with Gasteiger partial charge in [0.2, 0.25) is 11.8 Å². The van der Waals surface area contributed by atoms with Crippen LogP contribution in [0.3, 0.4) is 0 Å². The minimum atomic E-state index is -0.966. The Bertz CT molecular complexity index is 1030. The van der Waals surface area contributed by atoms with Crippen LogP contribution in [0.1, 0.15) is 37.6 Å². The second-order valence-corrected chi connectivity index (χ2v) is 9.28. The van der Waals surface area contributed by atoms with Gasteiger partial charge in [-0.05, 0) is 29.5 Å². The highest BCUT2D eigenvalue weighted by Crippen LogP contribution is 2.29. The molecule has 0 bridgehead atoms. The predicted molar refractivity (Wildman–Crippen MR) is 124 cm³/mol. The number of thiazole rings is 1. The fourth-order valence-electron chi connectivity index (χ4n) is 3.95. The summed E-state index contributed by atoms with van der Waals surface area (Å²) in [5.41, 5.74) is 13.2. The normalized spacial score (nSPS) is 19.8. The molecule has 2 aromatic rings. The van der Waals surface area contributed by atoms with Gasteiger partial charge in [-0.15, -0.1) is 11.3 Å². The van der Waals surface area contributed by atoms with E-state index < -0.39 is 36.0 Å². The Kier molecular flexibility index (Phi) is 8.04. The summed E-state index contributed by atoms with van der Waals surface area (Å²) in [6.07, 6.45) is -0.793. The van der Waals surface area contributed by atoms with E-state index >= 15 is 0 Å². The van der Waals surface area contributed by atoms with Crippen LogP contribution in [0.15, 0.2) is 34.9 Å². The number of hydrogen-bond donors (Lipinski definition) is 3. The lowest BCUT2D eigenvalue weighted by Crippen LogP contribution is -2.50. The summed E-state index contributed by atoms with van der Waals surface area (Å²) in [5, 5.41) is 26.4. The van der Waals surface area contributed by atoms with Crippen molar-refractivity contribution < 1.29 is 19.8 Å². The van der Waals surface area contributed by atoms with E-state index in [2.05, 4.69) is 20.3 Å². The average molecular weight is 473 g/mol. The first kappa shape index (κ1) is 24.7. The molecule has 1 fully saturated rings. The molecule has 1 aromatic carbocycles. The maximum atomic E-state index is 13.1. The molecule has 2 amide bonds. The van der Waals surface area contributed by atoms with E-state index in [0.717, 1.165) is 16.1 Å². The SMILES string of the molecule is Cc1ncsc1-c1ccc(C(CO)NC(=O)[C@@H]2C[C@@H](O)CN2C(=O)C(N=[N+]=[N-])C(C)C)cc1. The maximum Gasteiger partial charge on any atom is 0.243 e. The summed E-state index contributed by atoms with van der Waals surface area (Å²) >= 11 is 1.54. The molecule has 1 aliphatic heterocycles. The Balaban J connectivity index is 1.75. The monoisotopic (exact) mass is 472 g/mol. The number of carbonyl (C=O) groups is 2. The number of aliphatic hydroxyl groups is 2. The zero-order valence-electron chi connectivity index (χ0n) is 18.8. The summed E-state index contributed by atoms with van der Waals surface area (Å²) in [4.78, 5) is 35.3. The minimum absolute atomic E-state index is 0.0201. The summed E-state index contributed by atoms with van der Waals surface area (Å²) in [6.45, 7) is 5.08. The summed E-state index contributed by atoms with van der Waals surface area (Å²) in [6, 6.07) is 4.92. The lowest BCUT2D eigenvalue weighted by atomic mass is 10.0. The number of rotatable bonds is 8. The van der Waals surface area contributed by atoms with Crippen molar-refractivity contribution in [3.8, 4) is 10.4 Å². The molecule has 4 atom stereocenters. The molecule has 0 aliphatic carbocycles. The molecule has 1 aromatic heterocycles. The number of β-amino-alcohol motifs (C(OH)–C–C–N with tert-alkyl or cyclic N) is 1. The molecule has 1 saturated heterocycles. The Morgan fingerprint density at radius 2 is 2.06 bits per heavy atom. The van der Waals surface area contributed by atoms with Crippen molar-refractivity contribution in [2.45, 2.75) is 51.4 Å². The first-order valence-corrected chi connectivity index (χ1v) is 11.6. The zero-order chi connectivity index (χ0) is 24.1. The molecule has 3 N–H and O–H groups in total. The number of likely N-dealkylation sites (tertiary alicyclic amines) is 1. The number of nitrogens with one attached hydrogen (secondary N) is 1. The first-order valence-electron chi connectivity index (χ1n) is 10.7. The van der Waals surface area contributed by atoms with Crippen molar-refractivity contribution in [2.75, 3.05) is 13.2 Å². The molecule has 0 saturated carbocycles. The molecule has 1 aliphatic rings. The van der Waals surface area contributed by atoms with Crippen molar-refractivity contribution >= 4 is 23.2 Å². The molecule has 0 radical (unpaired) electrons. The molecule has 33 heavy (non-hydrogen) atoms. The number of azide groups is 1. The number of carbonyl (C=O) groups excluding carboxylic acids is 2. The van der Waals surface area contributed by atoms with Crippen LogP contribution in [0.25, 0.3) is 20.9 Å². The molecule has 10 nitrogen and oxygen atoms in total. The van der Waals surface area contributed by atoms with Crippen molar-refractivity contribution in [1.82, 2.24) is 15.2 Å². The Labute approximate surface area is 195 Å². The maximum absolute atomic E-state index is 13.1. The van der Waals surface area contributed by atoms with Crippen LogP contribution in [-0.2, 0) is 9.59 Å². The van der Waals surface area contributed by atoms with E-state index in [1.165, 1.54) is 16.2 Å². The number of aryl methyl sites for hydroxylation is 1. The van der Waals surface area contributed by atoms with E-state index in [9.17, 15) is 19.8 Å². The lowest BCUT2D eigenvalue weighted by molar-refractivity contribution is -0.140. The van der Waals surface area contributed by atoms with Gasteiger partial charge in [0.15, 0.2) is 0 Å². The van der Waals surface area contributed by atoms with E-state index in [4.69, 9.17) is 5.53 Å². The van der Waals surface area contributed by atoms with Gasteiger partial charge >= 0.3 is 0 Å². The van der Waals surface area contributed by atoms with Crippen LogP contribution in [0.5, 0.6) is 0 Å². The number of aromatic nitrogens is 1.